The second kappa shape index (κ2) is 8.31. The zero-order chi connectivity index (χ0) is 20.5. The van der Waals surface area contributed by atoms with Crippen LogP contribution in [0.4, 0.5) is 4.39 Å². The molecule has 2 aliphatic rings. The van der Waals surface area contributed by atoms with Crippen LogP contribution in [-0.4, -0.2) is 29.7 Å². The molecule has 4 rings (SSSR count). The first-order valence-electron chi connectivity index (χ1n) is 9.05. The van der Waals surface area contributed by atoms with E-state index in [0.29, 0.717) is 30.2 Å². The van der Waals surface area contributed by atoms with Gasteiger partial charge in [-0.3, -0.25) is 4.98 Å². The molecule has 0 fully saturated rings. The lowest BCUT2D eigenvalue weighted by Crippen LogP contribution is -2.30. The van der Waals surface area contributed by atoms with Gasteiger partial charge in [-0.25, -0.2) is 14.8 Å². The van der Waals surface area contributed by atoms with Gasteiger partial charge in [-0.05, 0) is 48.7 Å². The molecule has 0 bridgehead atoms. The van der Waals surface area contributed by atoms with Crippen LogP contribution < -0.4 is 15.6 Å². The first-order valence-corrected chi connectivity index (χ1v) is 10.3. The number of aliphatic imine (C=N–C) groups is 1. The molecule has 0 aliphatic carbocycles. The van der Waals surface area contributed by atoms with Crippen molar-refractivity contribution < 1.29 is 14.2 Å². The van der Waals surface area contributed by atoms with Gasteiger partial charge in [0.2, 0.25) is 0 Å². The summed E-state index contributed by atoms with van der Waals surface area (Å²) in [5.74, 6) is 0.385. The van der Waals surface area contributed by atoms with E-state index in [1.165, 1.54) is 13.2 Å². The third-order valence-corrected chi connectivity index (χ3v) is 6.59. The molecule has 0 radical (unpaired) electrons. The Hall–Kier alpha value is -2.13. The van der Waals surface area contributed by atoms with Crippen LogP contribution >= 0.6 is 23.4 Å². The van der Waals surface area contributed by atoms with Crippen molar-refractivity contribution >= 4 is 29.2 Å². The van der Waals surface area contributed by atoms with Gasteiger partial charge in [0, 0.05) is 22.7 Å². The number of hydrogen-bond donors (Lipinski definition) is 3. The maximum absolute atomic E-state index is 14.7. The Labute approximate surface area is 177 Å². The lowest BCUT2D eigenvalue weighted by Gasteiger charge is -2.17. The van der Waals surface area contributed by atoms with E-state index in [1.54, 1.807) is 18.0 Å². The summed E-state index contributed by atoms with van der Waals surface area (Å²) in [6.07, 6.45) is 1.17. The van der Waals surface area contributed by atoms with E-state index >= 15 is 0 Å². The first-order chi connectivity index (χ1) is 14.0. The minimum absolute atomic E-state index is 0.0682. The maximum atomic E-state index is 14.7. The molecule has 2 atom stereocenters. The normalized spacial score (nSPS) is 19.9. The second-order valence-corrected chi connectivity index (χ2v) is 8.39. The van der Waals surface area contributed by atoms with Crippen molar-refractivity contribution in [2.24, 2.45) is 4.99 Å². The number of hydrazine groups is 1. The Morgan fingerprint density at radius 2 is 2.21 bits per heavy atom. The molecule has 3 heterocycles. The van der Waals surface area contributed by atoms with Crippen molar-refractivity contribution in [1.82, 2.24) is 15.8 Å². The lowest BCUT2D eigenvalue weighted by atomic mass is 9.94. The summed E-state index contributed by atoms with van der Waals surface area (Å²) >= 11 is 7.61. The molecule has 9 heteroatoms. The van der Waals surface area contributed by atoms with Gasteiger partial charge >= 0.3 is 0 Å². The van der Waals surface area contributed by atoms with E-state index in [4.69, 9.17) is 16.3 Å². The molecule has 2 aromatic rings. The smallest absolute Gasteiger partial charge is 0.150 e. The largest absolute Gasteiger partial charge is 0.495 e. The number of benzene rings is 1. The predicted octanol–water partition coefficient (Wildman–Crippen LogP) is 3.82. The number of hydrogen-bond acceptors (Lipinski definition) is 7. The number of halogens is 2. The molecular weight excluding hydrogens is 415 g/mol. The minimum Gasteiger partial charge on any atom is -0.495 e. The maximum Gasteiger partial charge on any atom is 0.150 e. The fourth-order valence-corrected chi connectivity index (χ4v) is 5.09. The number of aliphatic hydroxyl groups excluding tert-OH is 1. The summed E-state index contributed by atoms with van der Waals surface area (Å²) in [7, 11) is 1.45. The van der Waals surface area contributed by atoms with Crippen molar-refractivity contribution in [2.75, 3.05) is 13.8 Å². The molecule has 2 aliphatic heterocycles. The lowest BCUT2D eigenvalue weighted by molar-refractivity contribution is 0.206. The van der Waals surface area contributed by atoms with Crippen molar-refractivity contribution in [2.45, 2.75) is 24.7 Å². The number of pyridine rings is 1. The van der Waals surface area contributed by atoms with Crippen LogP contribution in [0.5, 0.6) is 5.75 Å². The van der Waals surface area contributed by atoms with Gasteiger partial charge in [0.1, 0.15) is 24.3 Å². The number of amidine groups is 1. The SMILES string of the molecule is COc1cc(C(O)C2=C(C3=NCNN3)SC(c3ccnc(C)c3)C2)c(F)cc1Cl. The summed E-state index contributed by atoms with van der Waals surface area (Å²) < 4.78 is 19.9. The molecule has 2 unspecified atom stereocenters. The number of nitrogens with zero attached hydrogens (tertiary/aromatic N) is 2. The number of aryl methyl sites for hydroxylation is 1. The zero-order valence-electron chi connectivity index (χ0n) is 15.9. The number of thioether (sulfide) groups is 1. The third kappa shape index (κ3) is 3.98. The minimum atomic E-state index is -1.15. The molecule has 0 saturated heterocycles. The van der Waals surface area contributed by atoms with Gasteiger partial charge < -0.3 is 15.3 Å². The molecule has 152 valence electrons. The highest BCUT2D eigenvalue weighted by molar-refractivity contribution is 8.04. The van der Waals surface area contributed by atoms with Crippen LogP contribution in [-0.2, 0) is 0 Å². The second-order valence-electron chi connectivity index (χ2n) is 6.77. The highest BCUT2D eigenvalue weighted by Gasteiger charge is 2.35. The van der Waals surface area contributed by atoms with Gasteiger partial charge in [-0.2, -0.15) is 0 Å². The molecule has 1 aromatic heterocycles. The summed E-state index contributed by atoms with van der Waals surface area (Å²) in [4.78, 5) is 9.48. The summed E-state index contributed by atoms with van der Waals surface area (Å²) in [5.41, 5.74) is 8.81. The van der Waals surface area contributed by atoms with Crippen LogP contribution in [0.1, 0.15) is 34.6 Å². The van der Waals surface area contributed by atoms with Gasteiger partial charge in [0.05, 0.1) is 17.0 Å². The highest BCUT2D eigenvalue weighted by atomic mass is 35.5. The van der Waals surface area contributed by atoms with Gasteiger partial charge in [0.15, 0.2) is 5.84 Å². The van der Waals surface area contributed by atoms with Crippen molar-refractivity contribution in [3.05, 3.63) is 68.6 Å². The molecule has 0 amide bonds. The molecule has 1 aromatic carbocycles. The summed E-state index contributed by atoms with van der Waals surface area (Å²) in [6, 6.07) is 6.60. The first kappa shape index (κ1) is 20.2. The topological polar surface area (TPSA) is 78.8 Å². The van der Waals surface area contributed by atoms with Gasteiger partial charge in [-0.15, -0.1) is 11.8 Å². The summed E-state index contributed by atoms with van der Waals surface area (Å²) in [6.45, 7) is 2.38. The molecule has 3 N–H and O–H groups in total. The standard InChI is InChI=1S/C20H20ClFN4O2S/c1-10-5-11(3-4-23-10)17-7-13(19(29-17)20-24-9-25-26-20)18(27)12-6-16(28-2)14(21)8-15(12)22/h3-6,8,17-18,25,27H,7,9H2,1-2H3,(H,24,26). The molecule has 0 spiro atoms. The van der Waals surface area contributed by atoms with Gasteiger partial charge in [0.25, 0.3) is 0 Å². The Morgan fingerprint density at radius 3 is 2.90 bits per heavy atom. The fraction of sp³-hybridized carbons (Fsp3) is 0.300. The fourth-order valence-electron chi connectivity index (χ4n) is 3.46. The number of nitrogens with one attached hydrogen (secondary N) is 2. The zero-order valence-corrected chi connectivity index (χ0v) is 17.4. The Balaban J connectivity index is 1.73. The number of methoxy groups -OCH3 is 1. The van der Waals surface area contributed by atoms with Crippen LogP contribution in [0.15, 0.2) is 45.9 Å². The van der Waals surface area contributed by atoms with E-state index < -0.39 is 11.9 Å². The van der Waals surface area contributed by atoms with Crippen molar-refractivity contribution in [3.8, 4) is 5.75 Å². The Morgan fingerprint density at radius 1 is 1.38 bits per heavy atom. The average molecular weight is 435 g/mol. The number of rotatable bonds is 5. The van der Waals surface area contributed by atoms with E-state index in [1.807, 2.05) is 19.1 Å². The van der Waals surface area contributed by atoms with Crippen molar-refractivity contribution in [1.29, 1.82) is 0 Å². The summed E-state index contributed by atoms with van der Waals surface area (Å²) in [5, 5.41) is 11.4. The van der Waals surface area contributed by atoms with Crippen LogP contribution in [0.25, 0.3) is 0 Å². The van der Waals surface area contributed by atoms with E-state index in [-0.39, 0.29) is 15.8 Å². The predicted molar refractivity (Wildman–Crippen MR) is 112 cm³/mol. The average Bonchev–Trinajstić information content (AvgIpc) is 3.37. The quantitative estimate of drug-likeness (QED) is 0.664. The number of aliphatic hydroxyl groups is 1. The molecule has 6 nitrogen and oxygen atoms in total. The Bertz CT molecular complexity index is 1010. The van der Waals surface area contributed by atoms with E-state index in [0.717, 1.165) is 22.2 Å². The van der Waals surface area contributed by atoms with Crippen molar-refractivity contribution in [3.63, 3.8) is 0 Å². The highest BCUT2D eigenvalue weighted by Crippen LogP contribution is 2.52. The van der Waals surface area contributed by atoms with Crippen LogP contribution in [0, 0.1) is 12.7 Å². The van der Waals surface area contributed by atoms with E-state index in [9.17, 15) is 9.50 Å². The monoisotopic (exact) mass is 434 g/mol. The van der Waals surface area contributed by atoms with Crippen LogP contribution in [0.2, 0.25) is 5.02 Å². The third-order valence-electron chi connectivity index (χ3n) is 4.88. The van der Waals surface area contributed by atoms with Crippen LogP contribution in [0.3, 0.4) is 0 Å². The van der Waals surface area contributed by atoms with Gasteiger partial charge in [-0.1, -0.05) is 11.6 Å². The Kier molecular flexibility index (Phi) is 5.78. The molecular formula is C20H20ClFN4O2S. The molecule has 0 saturated carbocycles. The number of ether oxygens (including phenoxy) is 1. The van der Waals surface area contributed by atoms with E-state index in [2.05, 4.69) is 20.8 Å². The molecule has 29 heavy (non-hydrogen) atoms. The number of aromatic nitrogens is 1.